The van der Waals surface area contributed by atoms with Crippen molar-refractivity contribution in [1.82, 2.24) is 24.5 Å². The molecule has 3 aromatic heterocycles. The summed E-state index contributed by atoms with van der Waals surface area (Å²) in [6.07, 6.45) is 0. The molecule has 0 aliphatic rings. The van der Waals surface area contributed by atoms with Crippen LogP contribution in [-0.2, 0) is 13.1 Å². The Morgan fingerprint density at radius 1 is 0.958 bits per heavy atom. The van der Waals surface area contributed by atoms with E-state index in [0.717, 1.165) is 24.6 Å². The molecule has 0 saturated heterocycles. The average Bonchev–Trinajstić information content (AvgIpc) is 3.09. The normalized spacial score (nSPS) is 11.6. The van der Waals surface area contributed by atoms with Gasteiger partial charge in [-0.15, -0.1) is 10.2 Å². The van der Waals surface area contributed by atoms with Crippen LogP contribution in [0.4, 0.5) is 0 Å². The lowest BCUT2D eigenvalue weighted by Gasteiger charge is -2.10. The second-order valence-electron chi connectivity index (χ2n) is 6.27. The van der Waals surface area contributed by atoms with Gasteiger partial charge in [-0.1, -0.05) is 24.3 Å². The first-order valence-electron chi connectivity index (χ1n) is 8.20. The third-order valence-corrected chi connectivity index (χ3v) is 4.52. The zero-order valence-corrected chi connectivity index (χ0v) is 14.2. The molecular formula is C19H21N5. The fourth-order valence-corrected chi connectivity index (χ4v) is 3.40. The Kier molecular flexibility index (Phi) is 3.58. The van der Waals surface area contributed by atoms with Crippen LogP contribution in [0.5, 0.6) is 0 Å². The third kappa shape index (κ3) is 2.37. The molecule has 1 aromatic carbocycles. The van der Waals surface area contributed by atoms with Crippen molar-refractivity contribution in [3.8, 4) is 0 Å². The molecule has 4 aromatic rings. The molecule has 0 radical (unpaired) electrons. The van der Waals surface area contributed by atoms with Crippen LogP contribution in [-0.4, -0.2) is 26.2 Å². The van der Waals surface area contributed by atoms with Crippen molar-refractivity contribution >= 4 is 16.7 Å². The van der Waals surface area contributed by atoms with Gasteiger partial charge >= 0.3 is 0 Å². The van der Waals surface area contributed by atoms with Crippen LogP contribution in [0.3, 0.4) is 0 Å². The van der Waals surface area contributed by atoms with Crippen LogP contribution in [0.2, 0.25) is 0 Å². The number of fused-ring (bicyclic) bond motifs is 3. The zero-order valence-electron chi connectivity index (χ0n) is 14.2. The van der Waals surface area contributed by atoms with Gasteiger partial charge in [-0.05, 0) is 50.2 Å². The molecule has 0 amide bonds. The quantitative estimate of drug-likeness (QED) is 0.629. The van der Waals surface area contributed by atoms with Gasteiger partial charge in [-0.3, -0.25) is 4.40 Å². The average molecular weight is 319 g/mol. The Bertz CT molecular complexity index is 1030. The SMILES string of the molecule is CNCc1cccc(Cn2c(C)cc3c2ccc2nnc(C)n23)c1. The Balaban J connectivity index is 1.82. The van der Waals surface area contributed by atoms with Crippen LogP contribution in [0.15, 0.2) is 42.5 Å². The van der Waals surface area contributed by atoms with Gasteiger partial charge < -0.3 is 9.88 Å². The summed E-state index contributed by atoms with van der Waals surface area (Å²) in [5, 5.41) is 11.6. The van der Waals surface area contributed by atoms with Gasteiger partial charge in [0.25, 0.3) is 0 Å². The van der Waals surface area contributed by atoms with Crippen molar-refractivity contribution in [2.75, 3.05) is 7.05 Å². The van der Waals surface area contributed by atoms with Crippen molar-refractivity contribution in [1.29, 1.82) is 0 Å². The number of hydrogen-bond donors (Lipinski definition) is 1. The zero-order chi connectivity index (χ0) is 16.7. The van der Waals surface area contributed by atoms with E-state index in [0.29, 0.717) is 0 Å². The Morgan fingerprint density at radius 3 is 2.62 bits per heavy atom. The van der Waals surface area contributed by atoms with Crippen molar-refractivity contribution in [2.45, 2.75) is 26.9 Å². The molecule has 0 spiro atoms. The molecule has 5 nitrogen and oxygen atoms in total. The Hall–Kier alpha value is -2.66. The summed E-state index contributed by atoms with van der Waals surface area (Å²) < 4.78 is 4.48. The molecule has 5 heteroatoms. The molecule has 4 rings (SSSR count). The molecule has 0 fully saturated rings. The van der Waals surface area contributed by atoms with Crippen LogP contribution in [0.1, 0.15) is 22.6 Å². The minimum absolute atomic E-state index is 0.861. The number of aryl methyl sites for hydroxylation is 2. The van der Waals surface area contributed by atoms with E-state index in [2.05, 4.69) is 67.8 Å². The number of nitrogens with one attached hydrogen (secondary N) is 1. The predicted molar refractivity (Wildman–Crippen MR) is 96.3 cm³/mol. The second kappa shape index (κ2) is 5.76. The van der Waals surface area contributed by atoms with Gasteiger partial charge in [0.15, 0.2) is 5.65 Å². The lowest BCUT2D eigenvalue weighted by molar-refractivity contribution is 0.790. The van der Waals surface area contributed by atoms with E-state index in [1.54, 1.807) is 0 Å². The van der Waals surface area contributed by atoms with Gasteiger partial charge in [-0.25, -0.2) is 0 Å². The summed E-state index contributed by atoms with van der Waals surface area (Å²) in [5.41, 5.74) is 7.13. The summed E-state index contributed by atoms with van der Waals surface area (Å²) in [5.74, 6) is 0.920. The number of pyridine rings is 1. The van der Waals surface area contributed by atoms with Gasteiger partial charge in [0.2, 0.25) is 0 Å². The molecule has 24 heavy (non-hydrogen) atoms. The Labute approximate surface area is 140 Å². The van der Waals surface area contributed by atoms with E-state index in [4.69, 9.17) is 0 Å². The van der Waals surface area contributed by atoms with E-state index in [-0.39, 0.29) is 0 Å². The lowest BCUT2D eigenvalue weighted by Crippen LogP contribution is -2.06. The molecule has 0 saturated carbocycles. The first-order valence-corrected chi connectivity index (χ1v) is 8.20. The number of rotatable bonds is 4. The van der Waals surface area contributed by atoms with Crippen molar-refractivity contribution in [2.24, 2.45) is 0 Å². The maximum atomic E-state index is 4.22. The topological polar surface area (TPSA) is 47.2 Å². The van der Waals surface area contributed by atoms with Gasteiger partial charge in [-0.2, -0.15) is 0 Å². The number of nitrogens with zero attached hydrogens (tertiary/aromatic N) is 4. The number of aromatic nitrogens is 4. The fourth-order valence-electron chi connectivity index (χ4n) is 3.40. The van der Waals surface area contributed by atoms with Crippen LogP contribution in [0.25, 0.3) is 16.7 Å². The third-order valence-electron chi connectivity index (χ3n) is 4.52. The van der Waals surface area contributed by atoms with Crippen molar-refractivity contribution < 1.29 is 0 Å². The fraction of sp³-hybridized carbons (Fsp3) is 0.263. The Morgan fingerprint density at radius 2 is 1.79 bits per heavy atom. The van der Waals surface area contributed by atoms with Gasteiger partial charge in [0.1, 0.15) is 5.82 Å². The van der Waals surface area contributed by atoms with E-state index in [9.17, 15) is 0 Å². The number of benzene rings is 1. The second-order valence-corrected chi connectivity index (χ2v) is 6.27. The lowest BCUT2D eigenvalue weighted by atomic mass is 10.1. The van der Waals surface area contributed by atoms with Crippen LogP contribution < -0.4 is 5.32 Å². The maximum Gasteiger partial charge on any atom is 0.161 e. The van der Waals surface area contributed by atoms with E-state index >= 15 is 0 Å². The van der Waals surface area contributed by atoms with E-state index in [1.165, 1.54) is 27.9 Å². The summed E-state index contributed by atoms with van der Waals surface area (Å²) in [6, 6.07) is 15.1. The van der Waals surface area contributed by atoms with Crippen molar-refractivity contribution in [3.63, 3.8) is 0 Å². The molecule has 0 unspecified atom stereocenters. The standard InChI is InChI=1S/C19H21N5/c1-13-9-18-17(7-8-19-22-21-14(2)24(18)19)23(13)12-16-6-4-5-15(10-16)11-20-3/h4-10,20H,11-12H2,1-3H3. The predicted octanol–water partition coefficient (Wildman–Crippen LogP) is 3.07. The molecular weight excluding hydrogens is 298 g/mol. The van der Waals surface area contributed by atoms with E-state index < -0.39 is 0 Å². The molecule has 0 aliphatic heterocycles. The molecule has 0 aliphatic carbocycles. The van der Waals surface area contributed by atoms with E-state index in [1.807, 2.05) is 20.0 Å². The van der Waals surface area contributed by atoms with Gasteiger partial charge in [0, 0.05) is 18.8 Å². The van der Waals surface area contributed by atoms with Gasteiger partial charge in [0.05, 0.1) is 11.0 Å². The molecule has 1 N–H and O–H groups in total. The number of hydrogen-bond acceptors (Lipinski definition) is 3. The van der Waals surface area contributed by atoms with Crippen LogP contribution in [0, 0.1) is 13.8 Å². The minimum atomic E-state index is 0.861. The highest BCUT2D eigenvalue weighted by Gasteiger charge is 2.12. The highest BCUT2D eigenvalue weighted by atomic mass is 15.2. The maximum absolute atomic E-state index is 4.22. The summed E-state index contributed by atoms with van der Waals surface area (Å²) >= 11 is 0. The molecule has 3 heterocycles. The highest BCUT2D eigenvalue weighted by molar-refractivity contribution is 5.81. The largest absolute Gasteiger partial charge is 0.339 e. The smallest absolute Gasteiger partial charge is 0.161 e. The first kappa shape index (κ1) is 14.9. The molecule has 0 atom stereocenters. The summed E-state index contributed by atoms with van der Waals surface area (Å²) in [7, 11) is 1.98. The summed E-state index contributed by atoms with van der Waals surface area (Å²) in [4.78, 5) is 0. The molecule has 0 bridgehead atoms. The molecule has 122 valence electrons. The monoisotopic (exact) mass is 319 g/mol. The summed E-state index contributed by atoms with van der Waals surface area (Å²) in [6.45, 7) is 5.90. The first-order chi connectivity index (χ1) is 11.7. The highest BCUT2D eigenvalue weighted by Crippen LogP contribution is 2.23. The van der Waals surface area contributed by atoms with Crippen molar-refractivity contribution in [3.05, 3.63) is 65.1 Å². The minimum Gasteiger partial charge on any atom is -0.339 e. The van der Waals surface area contributed by atoms with Crippen LogP contribution >= 0.6 is 0 Å².